The summed E-state index contributed by atoms with van der Waals surface area (Å²) in [6.45, 7) is 8.75. The standard InChI is InChI=1S/C28H33F2N5O3S/c1-15-5-7-18-23(31)24(39-26(18)32-15)25(36)33-16-6-8-17-19(13-16)20(29)14-21(22(17)30)34-9-11-35(12-10-34)27(37)38-28(2,3)4/h5,7,14,16H,6,8-13,31H2,1-4H3,(H,33,36)/t16-/m1/s1. The largest absolute Gasteiger partial charge is 0.444 e. The number of fused-ring (bicyclic) bond motifs is 2. The van der Waals surface area contributed by atoms with Crippen LogP contribution in [0.25, 0.3) is 10.2 Å². The maximum absolute atomic E-state index is 15.6. The molecule has 1 aliphatic heterocycles. The number of halogens is 2. The average molecular weight is 558 g/mol. The van der Waals surface area contributed by atoms with E-state index in [1.54, 1.807) is 30.6 Å². The van der Waals surface area contributed by atoms with Crippen LogP contribution in [0.3, 0.4) is 0 Å². The molecule has 0 unspecified atom stereocenters. The lowest BCUT2D eigenvalue weighted by atomic mass is 9.86. The number of carbonyl (C=O) groups is 2. The van der Waals surface area contributed by atoms with Gasteiger partial charge in [0.2, 0.25) is 0 Å². The fourth-order valence-electron chi connectivity index (χ4n) is 5.17. The summed E-state index contributed by atoms with van der Waals surface area (Å²) in [5, 5.41) is 3.70. The molecule has 8 nitrogen and oxygen atoms in total. The van der Waals surface area contributed by atoms with E-state index in [0.717, 1.165) is 11.1 Å². The summed E-state index contributed by atoms with van der Waals surface area (Å²) >= 11 is 1.23. The van der Waals surface area contributed by atoms with Crippen molar-refractivity contribution in [2.75, 3.05) is 36.8 Å². The highest BCUT2D eigenvalue weighted by molar-refractivity contribution is 7.21. The molecule has 2 aliphatic rings. The zero-order chi connectivity index (χ0) is 28.1. The second-order valence-corrected chi connectivity index (χ2v) is 12.2. The highest BCUT2D eigenvalue weighted by atomic mass is 32.1. The molecule has 1 saturated heterocycles. The third-order valence-electron chi connectivity index (χ3n) is 7.15. The Labute approximate surface area is 230 Å². The number of nitrogens with two attached hydrogens (primary N) is 1. The Balaban J connectivity index is 1.27. The summed E-state index contributed by atoms with van der Waals surface area (Å²) in [4.78, 5) is 34.3. The fourth-order valence-corrected chi connectivity index (χ4v) is 6.21. The molecule has 1 fully saturated rings. The predicted molar refractivity (Wildman–Crippen MR) is 148 cm³/mol. The maximum atomic E-state index is 15.6. The van der Waals surface area contributed by atoms with Gasteiger partial charge in [0.05, 0.1) is 11.4 Å². The molecule has 3 aromatic rings. The van der Waals surface area contributed by atoms with Crippen molar-refractivity contribution in [1.82, 2.24) is 15.2 Å². The number of piperazine rings is 1. The van der Waals surface area contributed by atoms with Crippen molar-refractivity contribution in [2.45, 2.75) is 58.6 Å². The molecule has 0 saturated carbocycles. The van der Waals surface area contributed by atoms with Gasteiger partial charge in [-0.3, -0.25) is 4.79 Å². The number of nitrogens with zero attached hydrogens (tertiary/aromatic N) is 3. The van der Waals surface area contributed by atoms with Crippen LogP contribution in [0.5, 0.6) is 0 Å². The normalized spacial score (nSPS) is 17.7. The van der Waals surface area contributed by atoms with Crippen LogP contribution < -0.4 is 16.0 Å². The third-order valence-corrected chi connectivity index (χ3v) is 8.26. The van der Waals surface area contributed by atoms with Crippen molar-refractivity contribution in [3.05, 3.63) is 51.5 Å². The number of aromatic nitrogens is 1. The first-order chi connectivity index (χ1) is 18.4. The van der Waals surface area contributed by atoms with Gasteiger partial charge in [-0.25, -0.2) is 18.6 Å². The van der Waals surface area contributed by atoms with E-state index in [0.29, 0.717) is 65.5 Å². The van der Waals surface area contributed by atoms with Crippen LogP contribution in [0.15, 0.2) is 18.2 Å². The van der Waals surface area contributed by atoms with Crippen LogP contribution in [-0.2, 0) is 17.6 Å². The molecule has 5 rings (SSSR count). The average Bonchev–Trinajstić information content (AvgIpc) is 3.20. The molecular weight excluding hydrogens is 524 g/mol. The number of nitrogen functional groups attached to an aromatic ring is 1. The Morgan fingerprint density at radius 3 is 2.56 bits per heavy atom. The van der Waals surface area contributed by atoms with Crippen molar-refractivity contribution in [3.8, 4) is 0 Å². The Morgan fingerprint density at radius 2 is 1.87 bits per heavy atom. The molecule has 11 heteroatoms. The summed E-state index contributed by atoms with van der Waals surface area (Å²) < 4.78 is 36.4. The second kappa shape index (κ2) is 10.3. The van der Waals surface area contributed by atoms with Crippen LogP contribution >= 0.6 is 11.3 Å². The van der Waals surface area contributed by atoms with Gasteiger partial charge in [-0.05, 0) is 70.2 Å². The number of hydrogen-bond donors (Lipinski definition) is 2. The number of thiophene rings is 1. The van der Waals surface area contributed by atoms with Gasteiger partial charge in [0.15, 0.2) is 0 Å². The van der Waals surface area contributed by atoms with E-state index in [2.05, 4.69) is 10.3 Å². The SMILES string of the molecule is Cc1ccc2c(N)c(C(=O)N[C@@H]3CCc4c(F)c(N5CCN(C(=O)OC(C)(C)C)CC5)cc(F)c4C3)sc2n1. The van der Waals surface area contributed by atoms with Crippen molar-refractivity contribution < 1.29 is 23.1 Å². The smallest absolute Gasteiger partial charge is 0.410 e. The number of hydrogen-bond acceptors (Lipinski definition) is 7. The van der Waals surface area contributed by atoms with E-state index in [4.69, 9.17) is 10.5 Å². The van der Waals surface area contributed by atoms with E-state index in [1.165, 1.54) is 17.4 Å². The summed E-state index contributed by atoms with van der Waals surface area (Å²) in [5.41, 5.74) is 7.69. The van der Waals surface area contributed by atoms with Gasteiger partial charge in [-0.15, -0.1) is 11.3 Å². The molecule has 0 bridgehead atoms. The van der Waals surface area contributed by atoms with Gasteiger partial charge in [0, 0.05) is 49.4 Å². The lowest BCUT2D eigenvalue weighted by Gasteiger charge is -2.37. The van der Waals surface area contributed by atoms with E-state index < -0.39 is 23.3 Å². The lowest BCUT2D eigenvalue weighted by molar-refractivity contribution is 0.0240. The minimum absolute atomic E-state index is 0.193. The molecule has 208 valence electrons. The number of ether oxygens (including phenoxy) is 1. The van der Waals surface area contributed by atoms with Crippen LogP contribution in [0.4, 0.5) is 25.0 Å². The Hall–Kier alpha value is -3.47. The van der Waals surface area contributed by atoms with Gasteiger partial charge < -0.3 is 25.6 Å². The molecule has 39 heavy (non-hydrogen) atoms. The molecule has 1 aromatic carbocycles. The molecule has 0 spiro atoms. The fraction of sp³-hybridized carbons (Fsp3) is 0.464. The topological polar surface area (TPSA) is 101 Å². The van der Waals surface area contributed by atoms with Gasteiger partial charge in [0.1, 0.15) is 26.9 Å². The Morgan fingerprint density at radius 1 is 1.15 bits per heavy atom. The summed E-state index contributed by atoms with van der Waals surface area (Å²) in [6.07, 6.45) is 0.569. The molecular formula is C28H33F2N5O3S. The number of carbonyl (C=O) groups excluding carboxylic acids is 2. The molecule has 1 aliphatic carbocycles. The van der Waals surface area contributed by atoms with Crippen molar-refractivity contribution in [2.24, 2.45) is 0 Å². The summed E-state index contributed by atoms with van der Waals surface area (Å²) in [6, 6.07) is 4.59. The van der Waals surface area contributed by atoms with Crippen LogP contribution in [0, 0.1) is 18.6 Å². The van der Waals surface area contributed by atoms with Gasteiger partial charge >= 0.3 is 6.09 Å². The number of pyridine rings is 1. The summed E-state index contributed by atoms with van der Waals surface area (Å²) in [5.74, 6) is -1.25. The number of nitrogens with one attached hydrogen (secondary N) is 1. The van der Waals surface area contributed by atoms with E-state index in [1.807, 2.05) is 19.1 Å². The molecule has 3 heterocycles. The molecule has 0 radical (unpaired) electrons. The lowest BCUT2D eigenvalue weighted by Crippen LogP contribution is -2.50. The zero-order valence-corrected chi connectivity index (χ0v) is 23.4. The predicted octanol–water partition coefficient (Wildman–Crippen LogP) is 4.81. The first-order valence-electron chi connectivity index (χ1n) is 13.1. The van der Waals surface area contributed by atoms with E-state index >= 15 is 8.78 Å². The quantitative estimate of drug-likeness (QED) is 0.480. The molecule has 3 N–H and O–H groups in total. The van der Waals surface area contributed by atoms with Crippen molar-refractivity contribution in [3.63, 3.8) is 0 Å². The van der Waals surface area contributed by atoms with Gasteiger partial charge in [0.25, 0.3) is 5.91 Å². The van der Waals surface area contributed by atoms with E-state index in [9.17, 15) is 9.59 Å². The monoisotopic (exact) mass is 557 g/mol. The highest BCUT2D eigenvalue weighted by Crippen LogP contribution is 2.35. The maximum Gasteiger partial charge on any atom is 0.410 e. The molecule has 1 atom stereocenters. The summed E-state index contributed by atoms with van der Waals surface area (Å²) in [7, 11) is 0. The van der Waals surface area contributed by atoms with E-state index in [-0.39, 0.29) is 24.1 Å². The van der Waals surface area contributed by atoms with Crippen molar-refractivity contribution >= 4 is 44.9 Å². The van der Waals surface area contributed by atoms with Gasteiger partial charge in [-0.2, -0.15) is 0 Å². The zero-order valence-electron chi connectivity index (χ0n) is 22.6. The second-order valence-electron chi connectivity index (χ2n) is 11.2. The molecule has 2 amide bonds. The number of anilines is 2. The Bertz CT molecular complexity index is 1440. The minimum Gasteiger partial charge on any atom is -0.444 e. The number of aryl methyl sites for hydroxylation is 1. The first kappa shape index (κ1) is 27.1. The molecule has 2 aromatic heterocycles. The van der Waals surface area contributed by atoms with Crippen LogP contribution in [0.2, 0.25) is 0 Å². The van der Waals surface area contributed by atoms with Gasteiger partial charge in [-0.1, -0.05) is 0 Å². The van der Waals surface area contributed by atoms with Crippen LogP contribution in [-0.4, -0.2) is 59.7 Å². The Kier molecular flexibility index (Phi) is 7.13. The number of amides is 2. The number of rotatable bonds is 3. The number of benzene rings is 1. The first-order valence-corrected chi connectivity index (χ1v) is 13.9. The highest BCUT2D eigenvalue weighted by Gasteiger charge is 2.32. The van der Waals surface area contributed by atoms with Crippen molar-refractivity contribution in [1.29, 1.82) is 0 Å². The minimum atomic E-state index is -0.597. The third kappa shape index (κ3) is 5.50. The van der Waals surface area contributed by atoms with Crippen LogP contribution in [0.1, 0.15) is 53.7 Å².